The van der Waals surface area contributed by atoms with Crippen LogP contribution in [0.15, 0.2) is 35.3 Å². The van der Waals surface area contributed by atoms with Gasteiger partial charge < -0.3 is 20.1 Å². The van der Waals surface area contributed by atoms with E-state index in [0.29, 0.717) is 30.0 Å². The van der Waals surface area contributed by atoms with Gasteiger partial charge in [-0.2, -0.15) is 0 Å². The first-order chi connectivity index (χ1) is 17.0. The highest BCUT2D eigenvalue weighted by Crippen LogP contribution is 2.72. The lowest BCUT2D eigenvalue weighted by Crippen LogP contribution is -2.32. The summed E-state index contributed by atoms with van der Waals surface area (Å²) < 4.78 is 44.3. The second kappa shape index (κ2) is 7.84. The Morgan fingerprint density at radius 2 is 1.92 bits per heavy atom. The van der Waals surface area contributed by atoms with Gasteiger partial charge in [0.15, 0.2) is 0 Å². The fourth-order valence-electron chi connectivity index (χ4n) is 6.22. The minimum absolute atomic E-state index is 0.0101. The van der Waals surface area contributed by atoms with E-state index in [-0.39, 0.29) is 28.6 Å². The highest BCUT2D eigenvalue weighted by molar-refractivity contribution is 5.99. The van der Waals surface area contributed by atoms with Crippen LogP contribution in [0.5, 0.6) is 0 Å². The third-order valence-electron chi connectivity index (χ3n) is 8.71. The molecule has 2 heterocycles. The van der Waals surface area contributed by atoms with Gasteiger partial charge in [0.1, 0.15) is 5.82 Å². The predicted molar refractivity (Wildman–Crippen MR) is 130 cm³/mol. The number of amides is 1. The molecule has 0 radical (unpaired) electrons. The first-order valence-corrected chi connectivity index (χ1v) is 12.7. The van der Waals surface area contributed by atoms with Crippen LogP contribution in [-0.2, 0) is 5.92 Å². The SMILES string of the molecule is C[C@@H](NC(=O)c1cn([C@@H]2CC23CC3)c(=O)cc1N[C@@H]1[C@@H]2CN(C)C[C@@H]21)c1cccc(C(C)(F)F)c1F. The number of benzene rings is 1. The van der Waals surface area contributed by atoms with Crippen LogP contribution < -0.4 is 16.2 Å². The maximum absolute atomic E-state index is 14.9. The van der Waals surface area contributed by atoms with Gasteiger partial charge in [-0.05, 0) is 50.5 Å². The Bertz CT molecular complexity index is 1290. The fourth-order valence-corrected chi connectivity index (χ4v) is 6.22. The van der Waals surface area contributed by atoms with Crippen molar-refractivity contribution in [1.29, 1.82) is 0 Å². The molecule has 36 heavy (non-hydrogen) atoms. The predicted octanol–water partition coefficient (Wildman–Crippen LogP) is 4.29. The van der Waals surface area contributed by atoms with Crippen molar-refractivity contribution in [3.8, 4) is 0 Å². The van der Waals surface area contributed by atoms with E-state index in [9.17, 15) is 22.8 Å². The second-order valence-corrected chi connectivity index (χ2v) is 11.4. The van der Waals surface area contributed by atoms with E-state index < -0.39 is 29.3 Å². The summed E-state index contributed by atoms with van der Waals surface area (Å²) in [6, 6.07) is 4.79. The molecule has 2 aromatic rings. The Balaban J connectivity index is 1.28. The molecule has 1 aromatic carbocycles. The lowest BCUT2D eigenvalue weighted by atomic mass is 10.0. The van der Waals surface area contributed by atoms with Crippen molar-refractivity contribution in [2.24, 2.45) is 17.3 Å². The summed E-state index contributed by atoms with van der Waals surface area (Å²) in [4.78, 5) is 28.7. The molecule has 1 spiro atoms. The van der Waals surface area contributed by atoms with E-state index >= 15 is 0 Å². The Morgan fingerprint density at radius 3 is 2.53 bits per heavy atom. The quantitative estimate of drug-likeness (QED) is 0.596. The van der Waals surface area contributed by atoms with E-state index in [0.717, 1.165) is 38.4 Å². The van der Waals surface area contributed by atoms with Crippen LogP contribution in [0.25, 0.3) is 0 Å². The lowest BCUT2D eigenvalue weighted by Gasteiger charge is -2.21. The number of halogens is 3. The minimum atomic E-state index is -3.34. The lowest BCUT2D eigenvalue weighted by molar-refractivity contribution is 0.0135. The summed E-state index contributed by atoms with van der Waals surface area (Å²) in [5, 5.41) is 6.21. The maximum Gasteiger partial charge on any atom is 0.273 e. The average Bonchev–Trinajstić information content (AvgIpc) is 3.76. The molecule has 1 aromatic heterocycles. The molecule has 4 fully saturated rings. The highest BCUT2D eigenvalue weighted by Gasteiger charge is 2.64. The summed E-state index contributed by atoms with van der Waals surface area (Å²) in [5.74, 6) is -3.86. The normalized spacial score (nSPS) is 28.5. The van der Waals surface area contributed by atoms with Gasteiger partial charge in [0.25, 0.3) is 17.4 Å². The second-order valence-electron chi connectivity index (χ2n) is 11.4. The number of alkyl halides is 2. The van der Waals surface area contributed by atoms with Gasteiger partial charge in [-0.1, -0.05) is 18.2 Å². The van der Waals surface area contributed by atoms with Gasteiger partial charge in [-0.15, -0.1) is 0 Å². The molecule has 4 aliphatic rings. The van der Waals surface area contributed by atoms with Gasteiger partial charge in [-0.3, -0.25) is 9.59 Å². The first kappa shape index (κ1) is 23.6. The van der Waals surface area contributed by atoms with Crippen molar-refractivity contribution >= 4 is 11.6 Å². The molecule has 1 saturated heterocycles. The zero-order chi connectivity index (χ0) is 25.6. The molecule has 1 amide bonds. The fraction of sp³-hybridized carbons (Fsp3) is 0.556. The van der Waals surface area contributed by atoms with Crippen LogP contribution in [0.3, 0.4) is 0 Å². The molecular formula is C27H31F3N4O2. The molecule has 0 bridgehead atoms. The molecule has 3 aliphatic carbocycles. The number of nitrogens with one attached hydrogen (secondary N) is 2. The number of rotatable bonds is 7. The molecule has 5 atom stereocenters. The van der Waals surface area contributed by atoms with Gasteiger partial charge in [0, 0.05) is 49.9 Å². The number of carbonyl (C=O) groups is 1. The van der Waals surface area contributed by atoms with Crippen molar-refractivity contribution in [2.45, 2.75) is 57.2 Å². The maximum atomic E-state index is 14.9. The third-order valence-corrected chi connectivity index (χ3v) is 8.71. The number of hydrogen-bond acceptors (Lipinski definition) is 4. The zero-order valence-electron chi connectivity index (χ0n) is 20.7. The van der Waals surface area contributed by atoms with Gasteiger partial charge in [-0.25, -0.2) is 13.2 Å². The highest BCUT2D eigenvalue weighted by atomic mass is 19.3. The molecule has 6 nitrogen and oxygen atoms in total. The minimum Gasteiger partial charge on any atom is -0.381 e. The van der Waals surface area contributed by atoms with Gasteiger partial charge >= 0.3 is 0 Å². The van der Waals surface area contributed by atoms with Gasteiger partial charge in [0.05, 0.1) is 22.9 Å². The number of piperidine rings is 1. The van der Waals surface area contributed by atoms with E-state index in [1.54, 1.807) is 17.7 Å². The molecule has 0 unspecified atom stereocenters. The zero-order valence-corrected chi connectivity index (χ0v) is 20.7. The Hall–Kier alpha value is -2.81. The number of anilines is 1. The number of nitrogens with zero attached hydrogens (tertiary/aromatic N) is 2. The number of carbonyl (C=O) groups excluding carboxylic acids is 1. The van der Waals surface area contributed by atoms with Crippen LogP contribution >= 0.6 is 0 Å². The summed E-state index contributed by atoms with van der Waals surface area (Å²) >= 11 is 0. The van der Waals surface area contributed by atoms with E-state index in [1.165, 1.54) is 18.2 Å². The molecular weight excluding hydrogens is 469 g/mol. The summed E-state index contributed by atoms with van der Waals surface area (Å²) in [6.07, 6.45) is 4.76. The van der Waals surface area contributed by atoms with Crippen molar-refractivity contribution in [2.75, 3.05) is 25.5 Å². The van der Waals surface area contributed by atoms with Crippen LogP contribution in [0.1, 0.15) is 66.7 Å². The third kappa shape index (κ3) is 3.92. The smallest absolute Gasteiger partial charge is 0.273 e. The molecule has 6 rings (SSSR count). The Labute approximate surface area is 207 Å². The average molecular weight is 501 g/mol. The number of fused-ring (bicyclic) bond motifs is 1. The molecule has 192 valence electrons. The first-order valence-electron chi connectivity index (χ1n) is 12.7. The molecule has 1 aliphatic heterocycles. The van der Waals surface area contributed by atoms with Crippen LogP contribution in [-0.4, -0.2) is 41.6 Å². The molecule has 3 saturated carbocycles. The molecule has 9 heteroatoms. The van der Waals surface area contributed by atoms with Crippen molar-refractivity contribution < 1.29 is 18.0 Å². The largest absolute Gasteiger partial charge is 0.381 e. The van der Waals surface area contributed by atoms with Crippen molar-refractivity contribution in [3.05, 3.63) is 63.3 Å². The number of hydrogen-bond donors (Lipinski definition) is 2. The van der Waals surface area contributed by atoms with Gasteiger partial charge in [0.2, 0.25) is 0 Å². The number of likely N-dealkylation sites (tertiary alicyclic amines) is 1. The molecule has 2 N–H and O–H groups in total. The van der Waals surface area contributed by atoms with Crippen molar-refractivity contribution in [1.82, 2.24) is 14.8 Å². The van der Waals surface area contributed by atoms with Crippen molar-refractivity contribution in [3.63, 3.8) is 0 Å². The van der Waals surface area contributed by atoms with Crippen LogP contribution in [0.2, 0.25) is 0 Å². The Morgan fingerprint density at radius 1 is 1.22 bits per heavy atom. The van der Waals surface area contributed by atoms with Crippen LogP contribution in [0, 0.1) is 23.1 Å². The number of pyridine rings is 1. The monoisotopic (exact) mass is 500 g/mol. The van der Waals surface area contributed by atoms with Crippen LogP contribution in [0.4, 0.5) is 18.9 Å². The summed E-state index contributed by atoms with van der Waals surface area (Å²) in [7, 11) is 2.08. The topological polar surface area (TPSA) is 66.4 Å². The Kier molecular flexibility index (Phi) is 5.14. The van der Waals surface area contributed by atoms with E-state index in [1.807, 2.05) is 0 Å². The summed E-state index contributed by atoms with van der Waals surface area (Å²) in [6.45, 7) is 4.16. The standard InChI is InChI=1S/C27H31F3N4O2/c1-14(15-5-4-6-19(23(15)28)26(2,29)30)31-25(36)18-13-34(21-10-27(21)7-8-27)22(35)9-20(18)32-24-16-11-33(3)12-17(16)24/h4-6,9,13-14,16-17,21,24,32H,7-8,10-12H2,1-3H3,(H,31,36)/t14-,16-,17+,21-,24-/m1/s1. The number of aromatic nitrogens is 1. The van der Waals surface area contributed by atoms with E-state index in [2.05, 4.69) is 22.6 Å². The van der Waals surface area contributed by atoms with E-state index in [4.69, 9.17) is 0 Å². The summed E-state index contributed by atoms with van der Waals surface area (Å²) in [5.41, 5.74) is 0.160.